The number of sulfonamides is 1. The van der Waals surface area contributed by atoms with Crippen LogP contribution in [0.25, 0.3) is 0 Å². The summed E-state index contributed by atoms with van der Waals surface area (Å²) >= 11 is 0. The van der Waals surface area contributed by atoms with Crippen LogP contribution in [0.15, 0.2) is 47.5 Å². The van der Waals surface area contributed by atoms with E-state index in [1.807, 2.05) is 37.4 Å². The molecule has 2 fully saturated rings. The van der Waals surface area contributed by atoms with Gasteiger partial charge in [-0.3, -0.25) is 0 Å². The normalized spacial score (nSPS) is 21.4. The van der Waals surface area contributed by atoms with Gasteiger partial charge in [-0.15, -0.1) is 0 Å². The van der Waals surface area contributed by atoms with Gasteiger partial charge in [-0.2, -0.15) is 4.31 Å². The average molecular weight is 372 g/mol. The molecule has 26 heavy (non-hydrogen) atoms. The summed E-state index contributed by atoms with van der Waals surface area (Å²) < 4.78 is 28.2. The maximum absolute atomic E-state index is 13.3. The van der Waals surface area contributed by atoms with Crippen LogP contribution in [0.4, 0.5) is 5.82 Å². The van der Waals surface area contributed by atoms with Gasteiger partial charge >= 0.3 is 0 Å². The van der Waals surface area contributed by atoms with E-state index in [1.54, 1.807) is 16.4 Å². The summed E-state index contributed by atoms with van der Waals surface area (Å²) in [6.45, 7) is 4.53. The molecular weight excluding hydrogens is 346 g/mol. The van der Waals surface area contributed by atoms with Crippen LogP contribution in [0.5, 0.6) is 0 Å². The molecule has 1 unspecified atom stereocenters. The molecule has 0 saturated carbocycles. The van der Waals surface area contributed by atoms with Crippen molar-refractivity contribution in [2.24, 2.45) is 0 Å². The van der Waals surface area contributed by atoms with Crippen molar-refractivity contribution in [3.05, 3.63) is 53.7 Å². The first kappa shape index (κ1) is 17.5. The van der Waals surface area contributed by atoms with E-state index >= 15 is 0 Å². The minimum Gasteiger partial charge on any atom is -0.356 e. The van der Waals surface area contributed by atoms with Crippen molar-refractivity contribution in [1.29, 1.82) is 0 Å². The van der Waals surface area contributed by atoms with Crippen LogP contribution in [0.1, 0.15) is 42.9 Å². The number of anilines is 1. The molecule has 2 saturated heterocycles. The second kappa shape index (κ2) is 7.00. The van der Waals surface area contributed by atoms with Gasteiger partial charge in [0.05, 0.1) is 10.9 Å². The van der Waals surface area contributed by atoms with Crippen molar-refractivity contribution >= 4 is 15.8 Å². The Morgan fingerprint density at radius 1 is 1.00 bits per heavy atom. The minimum atomic E-state index is -3.51. The Bertz CT molecular complexity index is 874. The van der Waals surface area contributed by atoms with Crippen molar-refractivity contribution in [1.82, 2.24) is 9.29 Å². The number of benzene rings is 1. The van der Waals surface area contributed by atoms with Gasteiger partial charge in [0, 0.05) is 31.4 Å². The topological polar surface area (TPSA) is 53.5 Å². The Hall–Kier alpha value is -1.92. The standard InChI is InChI=1S/C20H25N3O2S/c1-16-8-10-17(11-9-16)26(24,25)23-15-5-7-19(23)18-6-4-12-21-20(18)22-13-2-3-14-22/h4,6,8-12,19H,2-3,5,7,13-15H2,1H3. The highest BCUT2D eigenvalue weighted by molar-refractivity contribution is 7.89. The van der Waals surface area contributed by atoms with Crippen LogP contribution >= 0.6 is 0 Å². The summed E-state index contributed by atoms with van der Waals surface area (Å²) in [7, 11) is -3.51. The number of hydrogen-bond donors (Lipinski definition) is 0. The van der Waals surface area contributed by atoms with Crippen molar-refractivity contribution in [3.63, 3.8) is 0 Å². The maximum atomic E-state index is 13.3. The Morgan fingerprint density at radius 3 is 2.46 bits per heavy atom. The van der Waals surface area contributed by atoms with Crippen molar-refractivity contribution < 1.29 is 8.42 Å². The van der Waals surface area contributed by atoms with Gasteiger partial charge in [0.2, 0.25) is 10.0 Å². The highest BCUT2D eigenvalue weighted by Crippen LogP contribution is 2.40. The summed E-state index contributed by atoms with van der Waals surface area (Å²) in [5.74, 6) is 0.959. The molecule has 2 aliphatic rings. The molecule has 1 aromatic carbocycles. The zero-order chi connectivity index (χ0) is 18.1. The van der Waals surface area contributed by atoms with Crippen molar-refractivity contribution in [2.75, 3.05) is 24.5 Å². The number of aryl methyl sites for hydroxylation is 1. The molecule has 3 heterocycles. The molecular formula is C20H25N3O2S. The lowest BCUT2D eigenvalue weighted by Gasteiger charge is -2.28. The van der Waals surface area contributed by atoms with Gasteiger partial charge < -0.3 is 4.90 Å². The third-order valence-corrected chi connectivity index (χ3v) is 7.34. The molecule has 2 aromatic rings. The highest BCUT2D eigenvalue weighted by atomic mass is 32.2. The summed E-state index contributed by atoms with van der Waals surface area (Å²) in [6, 6.07) is 11.0. The van der Waals surface area contributed by atoms with Crippen molar-refractivity contribution in [3.8, 4) is 0 Å². The highest BCUT2D eigenvalue weighted by Gasteiger charge is 2.38. The van der Waals surface area contributed by atoms with E-state index in [2.05, 4.69) is 9.88 Å². The molecule has 1 aromatic heterocycles. The summed E-state index contributed by atoms with van der Waals surface area (Å²) in [5.41, 5.74) is 2.10. The monoisotopic (exact) mass is 371 g/mol. The second-order valence-electron chi connectivity index (χ2n) is 7.20. The van der Waals surface area contributed by atoms with E-state index in [0.717, 1.165) is 42.9 Å². The average Bonchev–Trinajstić information content (AvgIpc) is 3.34. The lowest BCUT2D eigenvalue weighted by molar-refractivity contribution is 0.396. The summed E-state index contributed by atoms with van der Waals surface area (Å²) in [4.78, 5) is 7.28. The predicted octanol–water partition coefficient (Wildman–Crippen LogP) is 3.52. The van der Waals surface area contributed by atoms with Gasteiger partial charge in [0.15, 0.2) is 0 Å². The number of hydrogen-bond acceptors (Lipinski definition) is 4. The summed E-state index contributed by atoms with van der Waals surface area (Å²) in [6.07, 6.45) is 5.88. The molecule has 0 amide bonds. The molecule has 0 radical (unpaired) electrons. The molecule has 0 spiro atoms. The zero-order valence-electron chi connectivity index (χ0n) is 15.1. The first-order valence-electron chi connectivity index (χ1n) is 9.36. The van der Waals surface area contributed by atoms with E-state index in [9.17, 15) is 8.42 Å². The summed E-state index contributed by atoms with van der Waals surface area (Å²) in [5, 5.41) is 0. The van der Waals surface area contributed by atoms with E-state index < -0.39 is 10.0 Å². The molecule has 0 aliphatic carbocycles. The van der Waals surface area contributed by atoms with Crippen LogP contribution in [-0.2, 0) is 10.0 Å². The zero-order valence-corrected chi connectivity index (χ0v) is 16.0. The van der Waals surface area contributed by atoms with Gasteiger partial charge in [-0.1, -0.05) is 23.8 Å². The Morgan fingerprint density at radius 2 is 1.73 bits per heavy atom. The number of nitrogens with zero attached hydrogens (tertiary/aromatic N) is 3. The van der Waals surface area contributed by atoms with Crippen LogP contribution in [0.3, 0.4) is 0 Å². The van der Waals surface area contributed by atoms with Gasteiger partial charge in [-0.05, 0) is 50.8 Å². The fourth-order valence-electron chi connectivity index (χ4n) is 4.05. The van der Waals surface area contributed by atoms with Gasteiger partial charge in [-0.25, -0.2) is 13.4 Å². The fourth-order valence-corrected chi connectivity index (χ4v) is 5.72. The number of aromatic nitrogens is 1. The first-order chi connectivity index (χ1) is 12.6. The molecule has 1 atom stereocenters. The molecule has 2 aliphatic heterocycles. The quantitative estimate of drug-likeness (QED) is 0.825. The van der Waals surface area contributed by atoms with E-state index in [1.165, 1.54) is 12.8 Å². The Kier molecular flexibility index (Phi) is 4.71. The third-order valence-electron chi connectivity index (χ3n) is 5.41. The predicted molar refractivity (Wildman–Crippen MR) is 103 cm³/mol. The molecule has 0 bridgehead atoms. The van der Waals surface area contributed by atoms with Crippen LogP contribution in [-0.4, -0.2) is 37.3 Å². The molecule has 4 rings (SSSR count). The van der Waals surface area contributed by atoms with Crippen LogP contribution in [0, 0.1) is 6.92 Å². The van der Waals surface area contributed by atoms with Crippen LogP contribution in [0.2, 0.25) is 0 Å². The fraction of sp³-hybridized carbons (Fsp3) is 0.450. The van der Waals surface area contributed by atoms with Gasteiger partial charge in [0.25, 0.3) is 0 Å². The first-order valence-corrected chi connectivity index (χ1v) is 10.8. The largest absolute Gasteiger partial charge is 0.356 e. The smallest absolute Gasteiger partial charge is 0.243 e. The number of pyridine rings is 1. The molecule has 5 nitrogen and oxygen atoms in total. The molecule has 0 N–H and O–H groups in total. The number of rotatable bonds is 4. The minimum absolute atomic E-state index is 0.134. The van der Waals surface area contributed by atoms with Gasteiger partial charge in [0.1, 0.15) is 5.82 Å². The third kappa shape index (κ3) is 3.12. The van der Waals surface area contributed by atoms with E-state index in [-0.39, 0.29) is 6.04 Å². The maximum Gasteiger partial charge on any atom is 0.243 e. The lowest BCUT2D eigenvalue weighted by Crippen LogP contribution is -2.32. The van der Waals surface area contributed by atoms with E-state index in [0.29, 0.717) is 11.4 Å². The van der Waals surface area contributed by atoms with Crippen molar-refractivity contribution in [2.45, 2.75) is 43.5 Å². The van der Waals surface area contributed by atoms with Crippen LogP contribution < -0.4 is 4.90 Å². The molecule has 138 valence electrons. The van der Waals surface area contributed by atoms with E-state index in [4.69, 9.17) is 0 Å². The SMILES string of the molecule is Cc1ccc(S(=O)(=O)N2CCCC2c2cccnc2N2CCCC2)cc1. The Balaban J connectivity index is 1.70. The molecule has 6 heteroatoms. The second-order valence-corrected chi connectivity index (χ2v) is 9.09. The lowest BCUT2D eigenvalue weighted by atomic mass is 10.1. The Labute approximate surface area is 155 Å².